The summed E-state index contributed by atoms with van der Waals surface area (Å²) >= 11 is 12.0. The van der Waals surface area contributed by atoms with E-state index in [0.29, 0.717) is 0 Å². The summed E-state index contributed by atoms with van der Waals surface area (Å²) in [6, 6.07) is 12.5. The van der Waals surface area contributed by atoms with Crippen molar-refractivity contribution in [3.8, 4) is 0 Å². The number of nitrogens with one attached hydrogen (secondary N) is 1. The first-order chi connectivity index (χ1) is 14.3. The second-order valence-corrected chi connectivity index (χ2v) is 10.0. The lowest BCUT2D eigenvalue weighted by molar-refractivity contribution is -0.118. The SMILES string of the molecule is CN(CCC(=O)Cc1ccc(N2CCNCC2)cc1)S(=O)(=O)c1cccc(Cl)c1Cl. The molecule has 30 heavy (non-hydrogen) atoms. The van der Waals surface area contributed by atoms with Crippen molar-refractivity contribution < 1.29 is 13.2 Å². The second kappa shape index (κ2) is 10.1. The zero-order chi connectivity index (χ0) is 21.7. The van der Waals surface area contributed by atoms with Crippen LogP contribution in [0, 0.1) is 0 Å². The summed E-state index contributed by atoms with van der Waals surface area (Å²) in [6.45, 7) is 3.95. The van der Waals surface area contributed by atoms with Crippen LogP contribution in [0.3, 0.4) is 0 Å². The lowest BCUT2D eigenvalue weighted by Gasteiger charge is -2.29. The molecule has 1 aliphatic rings. The molecule has 0 saturated carbocycles. The largest absolute Gasteiger partial charge is 0.369 e. The summed E-state index contributed by atoms with van der Waals surface area (Å²) in [6.07, 6.45) is 0.390. The first kappa shape index (κ1) is 23.0. The summed E-state index contributed by atoms with van der Waals surface area (Å²) in [5.41, 5.74) is 2.07. The Hall–Kier alpha value is -1.64. The van der Waals surface area contributed by atoms with Crippen LogP contribution in [0.4, 0.5) is 5.69 Å². The topological polar surface area (TPSA) is 69.7 Å². The van der Waals surface area contributed by atoms with Crippen LogP contribution in [-0.2, 0) is 21.2 Å². The highest BCUT2D eigenvalue weighted by molar-refractivity contribution is 7.89. The molecule has 1 heterocycles. The third kappa shape index (κ3) is 5.53. The summed E-state index contributed by atoms with van der Waals surface area (Å²) in [7, 11) is -2.39. The number of hydrogen-bond donors (Lipinski definition) is 1. The van der Waals surface area contributed by atoms with Gasteiger partial charge in [0.15, 0.2) is 0 Å². The van der Waals surface area contributed by atoms with Gasteiger partial charge >= 0.3 is 0 Å². The predicted octanol–water partition coefficient (Wildman–Crippen LogP) is 3.23. The summed E-state index contributed by atoms with van der Waals surface area (Å²) in [5, 5.41) is 3.49. The smallest absolute Gasteiger partial charge is 0.244 e. The molecule has 1 fully saturated rings. The van der Waals surface area contributed by atoms with E-state index in [1.165, 1.54) is 25.2 Å². The highest BCUT2D eigenvalue weighted by atomic mass is 35.5. The minimum atomic E-state index is -3.82. The fraction of sp³-hybridized carbons (Fsp3) is 0.381. The van der Waals surface area contributed by atoms with Gasteiger partial charge in [-0.1, -0.05) is 41.4 Å². The van der Waals surface area contributed by atoms with Crippen molar-refractivity contribution in [3.05, 3.63) is 58.1 Å². The number of ketones is 1. The molecule has 0 aliphatic carbocycles. The lowest BCUT2D eigenvalue weighted by Crippen LogP contribution is -2.43. The van der Waals surface area contributed by atoms with Gasteiger partial charge in [0.25, 0.3) is 0 Å². The number of nitrogens with zero attached hydrogens (tertiary/aromatic N) is 2. The molecule has 0 aromatic heterocycles. The highest BCUT2D eigenvalue weighted by Crippen LogP contribution is 2.30. The van der Waals surface area contributed by atoms with Crippen LogP contribution >= 0.6 is 23.2 Å². The van der Waals surface area contributed by atoms with Gasteiger partial charge in [-0.05, 0) is 29.8 Å². The molecular weight excluding hydrogens is 445 g/mol. The molecular formula is C21H25Cl2N3O3S. The molecule has 2 aromatic rings. The molecule has 0 unspecified atom stereocenters. The van der Waals surface area contributed by atoms with E-state index in [9.17, 15) is 13.2 Å². The van der Waals surface area contributed by atoms with Gasteiger partial charge in [-0.2, -0.15) is 0 Å². The fourth-order valence-electron chi connectivity index (χ4n) is 3.32. The molecule has 0 atom stereocenters. The van der Waals surface area contributed by atoms with Crippen molar-refractivity contribution in [3.63, 3.8) is 0 Å². The summed E-state index contributed by atoms with van der Waals surface area (Å²) < 4.78 is 26.6. The van der Waals surface area contributed by atoms with Gasteiger partial charge in [0, 0.05) is 58.3 Å². The molecule has 2 aromatic carbocycles. The lowest BCUT2D eigenvalue weighted by atomic mass is 10.1. The Morgan fingerprint density at radius 2 is 1.77 bits per heavy atom. The van der Waals surface area contributed by atoms with Gasteiger partial charge in [0.1, 0.15) is 10.7 Å². The van der Waals surface area contributed by atoms with Crippen molar-refractivity contribution in [1.82, 2.24) is 9.62 Å². The van der Waals surface area contributed by atoms with Crippen molar-refractivity contribution in [2.75, 3.05) is 44.7 Å². The van der Waals surface area contributed by atoms with Crippen LogP contribution in [0.25, 0.3) is 0 Å². The van der Waals surface area contributed by atoms with E-state index in [1.54, 1.807) is 0 Å². The number of piperazine rings is 1. The minimum Gasteiger partial charge on any atom is -0.369 e. The van der Waals surface area contributed by atoms with E-state index < -0.39 is 10.0 Å². The maximum absolute atomic E-state index is 12.7. The Labute approximate surface area is 187 Å². The highest BCUT2D eigenvalue weighted by Gasteiger charge is 2.25. The van der Waals surface area contributed by atoms with Crippen LogP contribution in [-0.4, -0.2) is 58.3 Å². The zero-order valence-corrected chi connectivity index (χ0v) is 19.1. The Balaban J connectivity index is 1.55. The van der Waals surface area contributed by atoms with Gasteiger partial charge in [-0.15, -0.1) is 0 Å². The number of carbonyl (C=O) groups excluding carboxylic acids is 1. The number of anilines is 1. The molecule has 0 amide bonds. The Morgan fingerprint density at radius 3 is 2.43 bits per heavy atom. The van der Waals surface area contributed by atoms with Gasteiger partial charge in [0.2, 0.25) is 10.0 Å². The maximum atomic E-state index is 12.7. The summed E-state index contributed by atoms with van der Waals surface area (Å²) in [5.74, 6) is -0.0239. The molecule has 162 valence electrons. The Bertz CT molecular complexity index is 991. The molecule has 3 rings (SSSR count). The quantitative estimate of drug-likeness (QED) is 0.642. The van der Waals surface area contributed by atoms with Crippen LogP contribution in [0.1, 0.15) is 12.0 Å². The monoisotopic (exact) mass is 469 g/mol. The van der Waals surface area contributed by atoms with Gasteiger partial charge in [0.05, 0.1) is 10.0 Å². The molecule has 1 saturated heterocycles. The predicted molar refractivity (Wildman–Crippen MR) is 121 cm³/mol. The van der Waals surface area contributed by atoms with Crippen molar-refractivity contribution in [2.45, 2.75) is 17.7 Å². The third-order valence-electron chi connectivity index (χ3n) is 5.13. The first-order valence-electron chi connectivity index (χ1n) is 9.75. The van der Waals surface area contributed by atoms with Crippen molar-refractivity contribution in [1.29, 1.82) is 0 Å². The number of halogens is 2. The number of hydrogen-bond acceptors (Lipinski definition) is 5. The molecule has 1 N–H and O–H groups in total. The average molecular weight is 470 g/mol. The normalized spacial score (nSPS) is 14.9. The maximum Gasteiger partial charge on any atom is 0.244 e. The van der Waals surface area contributed by atoms with Crippen LogP contribution in [0.5, 0.6) is 0 Å². The number of rotatable bonds is 8. The fourth-order valence-corrected chi connectivity index (χ4v) is 5.22. The first-order valence-corrected chi connectivity index (χ1v) is 12.0. The standard InChI is InChI=1S/C21H25Cl2N3O3S/c1-25(30(28,29)20-4-2-3-19(22)21(20)23)12-9-18(27)15-16-5-7-17(8-6-16)26-13-10-24-11-14-26/h2-8,24H,9-15H2,1H3. The van der Waals surface area contributed by atoms with E-state index in [2.05, 4.69) is 10.2 Å². The van der Waals surface area contributed by atoms with Crippen molar-refractivity contribution in [2.24, 2.45) is 0 Å². The summed E-state index contributed by atoms with van der Waals surface area (Å²) in [4.78, 5) is 14.6. The van der Waals surface area contributed by atoms with Gasteiger partial charge < -0.3 is 10.2 Å². The number of Topliss-reactive ketones (excluding diaryl/α,β-unsaturated/α-hetero) is 1. The molecule has 1 aliphatic heterocycles. The van der Waals surface area contributed by atoms with Gasteiger partial charge in [-0.25, -0.2) is 12.7 Å². The van der Waals surface area contributed by atoms with E-state index >= 15 is 0 Å². The minimum absolute atomic E-state index is 0.0121. The van der Waals surface area contributed by atoms with Crippen LogP contribution in [0.15, 0.2) is 47.4 Å². The Kier molecular flexibility index (Phi) is 7.76. The van der Waals surface area contributed by atoms with Crippen LogP contribution < -0.4 is 10.2 Å². The van der Waals surface area contributed by atoms with Crippen LogP contribution in [0.2, 0.25) is 10.0 Å². The number of sulfonamides is 1. The molecule has 9 heteroatoms. The van der Waals surface area contributed by atoms with E-state index in [0.717, 1.165) is 41.7 Å². The Morgan fingerprint density at radius 1 is 1.10 bits per heavy atom. The van der Waals surface area contributed by atoms with E-state index in [1.807, 2.05) is 24.3 Å². The van der Waals surface area contributed by atoms with Gasteiger partial charge in [-0.3, -0.25) is 4.79 Å². The molecule has 0 bridgehead atoms. The van der Waals surface area contributed by atoms with Crippen molar-refractivity contribution >= 4 is 44.7 Å². The number of carbonyl (C=O) groups is 1. The molecule has 0 radical (unpaired) electrons. The van der Waals surface area contributed by atoms with E-state index in [4.69, 9.17) is 23.2 Å². The zero-order valence-electron chi connectivity index (χ0n) is 16.8. The average Bonchev–Trinajstić information content (AvgIpc) is 2.75. The number of benzene rings is 2. The third-order valence-corrected chi connectivity index (χ3v) is 7.96. The van der Waals surface area contributed by atoms with E-state index in [-0.39, 0.29) is 40.1 Å². The molecule has 6 nitrogen and oxygen atoms in total. The second-order valence-electron chi connectivity index (χ2n) is 7.25. The molecule has 0 spiro atoms.